The number of hydrogen-bond donors (Lipinski definition) is 2. The Morgan fingerprint density at radius 1 is 1.50 bits per heavy atom. The second-order valence-corrected chi connectivity index (χ2v) is 5.84. The number of benzene rings is 1. The van der Waals surface area contributed by atoms with E-state index in [1.165, 1.54) is 0 Å². The second kappa shape index (κ2) is 5.14. The van der Waals surface area contributed by atoms with E-state index in [0.717, 1.165) is 6.42 Å². The molecule has 2 amide bonds. The summed E-state index contributed by atoms with van der Waals surface area (Å²) in [6.07, 6.45) is 0.549. The summed E-state index contributed by atoms with van der Waals surface area (Å²) in [4.78, 5) is 14.0. The number of anilines is 1. The Balaban J connectivity index is 1.69. The minimum absolute atomic E-state index is 0.174. The molecule has 5 nitrogen and oxygen atoms in total. The lowest BCUT2D eigenvalue weighted by atomic mass is 9.74. The summed E-state index contributed by atoms with van der Waals surface area (Å²) >= 11 is 5.94. The van der Waals surface area contributed by atoms with Crippen molar-refractivity contribution in [2.24, 2.45) is 11.8 Å². The quantitative estimate of drug-likeness (QED) is 0.879. The molecule has 0 radical (unpaired) electrons. The van der Waals surface area contributed by atoms with Crippen LogP contribution >= 0.6 is 11.6 Å². The van der Waals surface area contributed by atoms with Crippen LogP contribution in [0.3, 0.4) is 0 Å². The van der Waals surface area contributed by atoms with Gasteiger partial charge >= 0.3 is 6.03 Å². The molecule has 0 bridgehead atoms. The van der Waals surface area contributed by atoms with Crippen molar-refractivity contribution in [3.8, 4) is 5.75 Å². The molecule has 0 aromatic heterocycles. The number of halogens is 1. The molecule has 3 rings (SSSR count). The molecule has 1 aliphatic carbocycles. The van der Waals surface area contributed by atoms with Gasteiger partial charge < -0.3 is 20.1 Å². The molecule has 1 saturated carbocycles. The number of ether oxygens (including phenoxy) is 1. The monoisotopic (exact) mass is 296 g/mol. The Morgan fingerprint density at radius 2 is 2.30 bits per heavy atom. The van der Waals surface area contributed by atoms with E-state index in [2.05, 4.69) is 5.32 Å². The largest absolute Gasteiger partial charge is 0.495 e. The van der Waals surface area contributed by atoms with Gasteiger partial charge in [-0.1, -0.05) is 11.6 Å². The van der Waals surface area contributed by atoms with Gasteiger partial charge in [0.25, 0.3) is 0 Å². The number of urea groups is 1. The van der Waals surface area contributed by atoms with Crippen LogP contribution in [0.2, 0.25) is 5.02 Å². The number of aliphatic hydroxyl groups excluding tert-OH is 1. The van der Waals surface area contributed by atoms with Gasteiger partial charge in [-0.05, 0) is 30.5 Å². The van der Waals surface area contributed by atoms with Gasteiger partial charge in [0, 0.05) is 24.0 Å². The standard InChI is InChI=1S/C14H17ClN2O3/c1-20-13-3-2-9(15)5-11(13)16-14(19)17-6-8-4-12(18)10(8)7-17/h2-3,5,8,10,12,18H,4,6-7H2,1H3,(H,16,19)/t8-,10+,12-/m1/s1. The third kappa shape index (κ3) is 2.31. The van der Waals surface area contributed by atoms with E-state index in [4.69, 9.17) is 16.3 Å². The summed E-state index contributed by atoms with van der Waals surface area (Å²) in [5.41, 5.74) is 0.560. The minimum Gasteiger partial charge on any atom is -0.495 e. The van der Waals surface area contributed by atoms with Crippen molar-refractivity contribution in [3.05, 3.63) is 23.2 Å². The molecular formula is C14H17ClN2O3. The van der Waals surface area contributed by atoms with E-state index in [9.17, 15) is 9.90 Å². The zero-order valence-electron chi connectivity index (χ0n) is 11.2. The van der Waals surface area contributed by atoms with Gasteiger partial charge in [-0.3, -0.25) is 0 Å². The molecule has 2 N–H and O–H groups in total. The Labute approximate surface area is 122 Å². The molecule has 1 aromatic carbocycles. The molecule has 3 atom stereocenters. The molecule has 1 aromatic rings. The Bertz CT molecular complexity index is 537. The zero-order valence-corrected chi connectivity index (χ0v) is 11.9. The first-order valence-electron chi connectivity index (χ1n) is 6.66. The van der Waals surface area contributed by atoms with Crippen LogP contribution in [0.4, 0.5) is 10.5 Å². The summed E-state index contributed by atoms with van der Waals surface area (Å²) in [7, 11) is 1.55. The smallest absolute Gasteiger partial charge is 0.321 e. The average molecular weight is 297 g/mol. The summed E-state index contributed by atoms with van der Waals surface area (Å²) in [5.74, 6) is 1.25. The van der Waals surface area contributed by atoms with Crippen LogP contribution in [0.5, 0.6) is 5.75 Å². The summed E-state index contributed by atoms with van der Waals surface area (Å²) in [6.45, 7) is 1.32. The van der Waals surface area contributed by atoms with Gasteiger partial charge in [-0.2, -0.15) is 0 Å². The predicted octanol–water partition coefficient (Wildman–Crippen LogP) is 2.19. The highest BCUT2D eigenvalue weighted by molar-refractivity contribution is 6.31. The number of amides is 2. The zero-order chi connectivity index (χ0) is 14.3. The Kier molecular flexibility index (Phi) is 3.48. The third-order valence-electron chi connectivity index (χ3n) is 4.22. The van der Waals surface area contributed by atoms with Crippen molar-refractivity contribution in [2.45, 2.75) is 12.5 Å². The van der Waals surface area contributed by atoms with Crippen LogP contribution < -0.4 is 10.1 Å². The highest BCUT2D eigenvalue weighted by Gasteiger charge is 2.47. The van der Waals surface area contributed by atoms with Crippen LogP contribution in [-0.2, 0) is 0 Å². The third-order valence-corrected chi connectivity index (χ3v) is 4.46. The number of carbonyl (C=O) groups excluding carboxylic acids is 1. The van der Waals surface area contributed by atoms with Crippen molar-refractivity contribution in [3.63, 3.8) is 0 Å². The van der Waals surface area contributed by atoms with Gasteiger partial charge in [-0.15, -0.1) is 0 Å². The molecule has 1 saturated heterocycles. The number of likely N-dealkylation sites (tertiary alicyclic amines) is 1. The van der Waals surface area contributed by atoms with Crippen molar-refractivity contribution in [1.82, 2.24) is 4.90 Å². The maximum absolute atomic E-state index is 12.3. The average Bonchev–Trinajstić information content (AvgIpc) is 2.76. The highest BCUT2D eigenvalue weighted by atomic mass is 35.5. The van der Waals surface area contributed by atoms with E-state index in [1.54, 1.807) is 30.2 Å². The van der Waals surface area contributed by atoms with E-state index < -0.39 is 0 Å². The lowest BCUT2D eigenvalue weighted by Gasteiger charge is -2.34. The number of fused-ring (bicyclic) bond motifs is 1. The lowest BCUT2D eigenvalue weighted by molar-refractivity contribution is -0.00421. The fourth-order valence-electron chi connectivity index (χ4n) is 3.01. The first-order valence-corrected chi connectivity index (χ1v) is 7.04. The van der Waals surface area contributed by atoms with Crippen LogP contribution in [0, 0.1) is 11.8 Å². The first-order chi connectivity index (χ1) is 9.58. The van der Waals surface area contributed by atoms with Gasteiger partial charge in [0.15, 0.2) is 0 Å². The van der Waals surface area contributed by atoms with E-state index >= 15 is 0 Å². The molecule has 0 unspecified atom stereocenters. The lowest BCUT2D eigenvalue weighted by Crippen LogP contribution is -2.40. The number of rotatable bonds is 2. The van der Waals surface area contributed by atoms with Gasteiger partial charge in [0.05, 0.1) is 18.9 Å². The van der Waals surface area contributed by atoms with Gasteiger partial charge in [0.2, 0.25) is 0 Å². The molecular weight excluding hydrogens is 280 g/mol. The summed E-state index contributed by atoms with van der Waals surface area (Å²) in [5, 5.41) is 13.0. The molecule has 108 valence electrons. The van der Waals surface area contributed by atoms with E-state index in [-0.39, 0.29) is 18.1 Å². The van der Waals surface area contributed by atoms with Gasteiger partial charge in [0.1, 0.15) is 5.75 Å². The number of nitrogens with zero attached hydrogens (tertiary/aromatic N) is 1. The molecule has 2 aliphatic rings. The van der Waals surface area contributed by atoms with Crippen molar-refractivity contribution >= 4 is 23.3 Å². The number of carbonyl (C=O) groups is 1. The second-order valence-electron chi connectivity index (χ2n) is 5.41. The van der Waals surface area contributed by atoms with Crippen LogP contribution in [0.15, 0.2) is 18.2 Å². The number of nitrogens with one attached hydrogen (secondary N) is 1. The predicted molar refractivity (Wildman–Crippen MR) is 76.2 cm³/mol. The van der Waals surface area contributed by atoms with Crippen LogP contribution in [0.1, 0.15) is 6.42 Å². The van der Waals surface area contributed by atoms with Gasteiger partial charge in [-0.25, -0.2) is 4.79 Å². The fourth-order valence-corrected chi connectivity index (χ4v) is 3.18. The van der Waals surface area contributed by atoms with E-state index in [1.807, 2.05) is 0 Å². The molecule has 20 heavy (non-hydrogen) atoms. The number of aliphatic hydroxyl groups is 1. The van der Waals surface area contributed by atoms with Crippen LogP contribution in [-0.4, -0.2) is 42.3 Å². The Hall–Kier alpha value is -1.46. The van der Waals surface area contributed by atoms with Crippen molar-refractivity contribution in [1.29, 1.82) is 0 Å². The number of hydrogen-bond acceptors (Lipinski definition) is 3. The normalized spacial score (nSPS) is 27.8. The molecule has 1 aliphatic heterocycles. The number of methoxy groups -OCH3 is 1. The summed E-state index contributed by atoms with van der Waals surface area (Å²) < 4.78 is 5.20. The maximum Gasteiger partial charge on any atom is 0.321 e. The highest BCUT2D eigenvalue weighted by Crippen LogP contribution is 2.41. The maximum atomic E-state index is 12.3. The molecule has 2 fully saturated rings. The Morgan fingerprint density at radius 3 is 2.95 bits per heavy atom. The van der Waals surface area contributed by atoms with E-state index in [0.29, 0.717) is 35.5 Å². The molecule has 1 heterocycles. The SMILES string of the molecule is COc1ccc(Cl)cc1NC(=O)N1C[C@H]2C[C@@H](O)[C@H]2C1. The molecule has 0 spiro atoms. The fraction of sp³-hybridized carbons (Fsp3) is 0.500. The van der Waals surface area contributed by atoms with Crippen molar-refractivity contribution < 1.29 is 14.6 Å². The van der Waals surface area contributed by atoms with Crippen LogP contribution in [0.25, 0.3) is 0 Å². The minimum atomic E-state index is -0.251. The molecule has 6 heteroatoms. The topological polar surface area (TPSA) is 61.8 Å². The van der Waals surface area contributed by atoms with Crippen molar-refractivity contribution in [2.75, 3.05) is 25.5 Å². The first kappa shape index (κ1) is 13.5. The summed E-state index contributed by atoms with van der Waals surface area (Å²) in [6, 6.07) is 4.92.